The van der Waals surface area contributed by atoms with E-state index in [1.54, 1.807) is 12.1 Å². The van der Waals surface area contributed by atoms with Gasteiger partial charge in [0.05, 0.1) is 29.4 Å². The minimum Gasteiger partial charge on any atom is -0.467 e. The zero-order chi connectivity index (χ0) is 13.0. The van der Waals surface area contributed by atoms with Gasteiger partial charge in [-0.15, -0.1) is 0 Å². The summed E-state index contributed by atoms with van der Waals surface area (Å²) in [6.45, 7) is 0.322. The van der Waals surface area contributed by atoms with Gasteiger partial charge in [0, 0.05) is 6.07 Å². The van der Waals surface area contributed by atoms with Crippen molar-refractivity contribution in [1.29, 1.82) is 5.26 Å². The highest BCUT2D eigenvalue weighted by Crippen LogP contribution is 2.25. The highest BCUT2D eigenvalue weighted by molar-refractivity contribution is 5.64. The van der Waals surface area contributed by atoms with E-state index < -0.39 is 4.92 Å². The standard InChI is InChI=1S/C12H9N3O3/c13-7-9-3-4-12(15(16)17)11(6-9)14-8-10-2-1-5-18-10/h1-6,14H,8H2. The Hall–Kier alpha value is -2.81. The molecule has 0 bridgehead atoms. The lowest BCUT2D eigenvalue weighted by Crippen LogP contribution is -2.02. The van der Waals surface area contributed by atoms with Crippen molar-refractivity contribution in [3.63, 3.8) is 0 Å². The third-order valence-corrected chi connectivity index (χ3v) is 2.36. The number of nitro benzene ring substituents is 1. The van der Waals surface area contributed by atoms with E-state index in [0.29, 0.717) is 23.6 Å². The van der Waals surface area contributed by atoms with Crippen LogP contribution in [-0.4, -0.2) is 4.92 Å². The van der Waals surface area contributed by atoms with E-state index >= 15 is 0 Å². The Morgan fingerprint density at radius 3 is 2.89 bits per heavy atom. The monoisotopic (exact) mass is 243 g/mol. The average Bonchev–Trinajstić information content (AvgIpc) is 2.88. The number of benzene rings is 1. The van der Waals surface area contributed by atoms with Gasteiger partial charge < -0.3 is 9.73 Å². The van der Waals surface area contributed by atoms with Crippen LogP contribution in [-0.2, 0) is 6.54 Å². The Bertz CT molecular complexity index is 600. The molecule has 0 saturated carbocycles. The Balaban J connectivity index is 2.24. The molecule has 6 heteroatoms. The largest absolute Gasteiger partial charge is 0.467 e. The molecule has 1 N–H and O–H groups in total. The molecule has 0 amide bonds. The topological polar surface area (TPSA) is 92.1 Å². The maximum absolute atomic E-state index is 10.8. The number of furan rings is 1. The van der Waals surface area contributed by atoms with Crippen molar-refractivity contribution in [3.8, 4) is 6.07 Å². The zero-order valence-electron chi connectivity index (χ0n) is 9.29. The van der Waals surface area contributed by atoms with Gasteiger partial charge in [0.15, 0.2) is 0 Å². The Kier molecular flexibility index (Phi) is 3.25. The molecule has 0 fully saturated rings. The van der Waals surface area contributed by atoms with Crippen molar-refractivity contribution < 1.29 is 9.34 Å². The van der Waals surface area contributed by atoms with Crippen LogP contribution in [0, 0.1) is 21.4 Å². The van der Waals surface area contributed by atoms with Gasteiger partial charge in [-0.1, -0.05) is 0 Å². The summed E-state index contributed by atoms with van der Waals surface area (Å²) in [5.41, 5.74) is 0.596. The lowest BCUT2D eigenvalue weighted by Gasteiger charge is -2.05. The van der Waals surface area contributed by atoms with Gasteiger partial charge in [-0.2, -0.15) is 5.26 Å². The average molecular weight is 243 g/mol. The maximum Gasteiger partial charge on any atom is 0.292 e. The van der Waals surface area contributed by atoms with Crippen molar-refractivity contribution in [2.24, 2.45) is 0 Å². The van der Waals surface area contributed by atoms with Crippen LogP contribution in [0.3, 0.4) is 0 Å². The summed E-state index contributed by atoms with van der Waals surface area (Å²) in [7, 11) is 0. The summed E-state index contributed by atoms with van der Waals surface area (Å²) in [4.78, 5) is 10.3. The Morgan fingerprint density at radius 1 is 1.44 bits per heavy atom. The van der Waals surface area contributed by atoms with E-state index in [-0.39, 0.29) is 5.69 Å². The minimum absolute atomic E-state index is 0.0689. The van der Waals surface area contributed by atoms with Crippen molar-refractivity contribution in [2.75, 3.05) is 5.32 Å². The predicted octanol–water partition coefficient (Wildman–Crippen LogP) is 2.67. The number of hydrogen-bond donors (Lipinski definition) is 1. The SMILES string of the molecule is N#Cc1ccc([N+](=O)[O-])c(NCc2ccco2)c1. The number of anilines is 1. The third-order valence-electron chi connectivity index (χ3n) is 2.36. The Labute approximate surface area is 103 Å². The number of nitrogens with zero attached hydrogens (tertiary/aromatic N) is 2. The molecule has 2 rings (SSSR count). The van der Waals surface area contributed by atoms with E-state index in [2.05, 4.69) is 5.32 Å². The van der Waals surface area contributed by atoms with E-state index in [4.69, 9.17) is 9.68 Å². The number of nitriles is 1. The van der Waals surface area contributed by atoms with Crippen molar-refractivity contribution in [3.05, 3.63) is 58.0 Å². The molecule has 1 aromatic heterocycles. The molecule has 1 aromatic carbocycles. The summed E-state index contributed by atoms with van der Waals surface area (Å²) < 4.78 is 5.11. The minimum atomic E-state index is -0.494. The van der Waals surface area contributed by atoms with Crippen LogP contribution in [0.1, 0.15) is 11.3 Å². The normalized spacial score (nSPS) is 9.72. The molecule has 1 heterocycles. The van der Waals surface area contributed by atoms with E-state index in [0.717, 1.165) is 0 Å². The van der Waals surface area contributed by atoms with Gasteiger partial charge >= 0.3 is 0 Å². The second kappa shape index (κ2) is 5.01. The molecule has 0 aliphatic heterocycles. The molecular formula is C12H9N3O3. The van der Waals surface area contributed by atoms with Crippen molar-refractivity contribution in [1.82, 2.24) is 0 Å². The molecule has 0 unspecified atom stereocenters. The van der Waals surface area contributed by atoms with Gasteiger partial charge in [0.1, 0.15) is 11.4 Å². The molecular weight excluding hydrogens is 234 g/mol. The highest BCUT2D eigenvalue weighted by Gasteiger charge is 2.14. The lowest BCUT2D eigenvalue weighted by molar-refractivity contribution is -0.384. The van der Waals surface area contributed by atoms with Crippen LogP contribution < -0.4 is 5.32 Å². The fraction of sp³-hybridized carbons (Fsp3) is 0.0833. The quantitative estimate of drug-likeness (QED) is 0.658. The third kappa shape index (κ3) is 2.47. The second-order valence-corrected chi connectivity index (χ2v) is 3.53. The number of hydrogen-bond acceptors (Lipinski definition) is 5. The molecule has 0 aliphatic rings. The van der Waals surface area contributed by atoms with Gasteiger partial charge in [0.2, 0.25) is 0 Å². The molecule has 0 radical (unpaired) electrons. The first-order chi connectivity index (χ1) is 8.70. The first-order valence-corrected chi connectivity index (χ1v) is 5.15. The van der Waals surface area contributed by atoms with Gasteiger partial charge in [0.25, 0.3) is 5.69 Å². The summed E-state index contributed by atoms with van der Waals surface area (Å²) in [5, 5.41) is 22.5. The lowest BCUT2D eigenvalue weighted by atomic mass is 10.2. The Morgan fingerprint density at radius 2 is 2.28 bits per heavy atom. The van der Waals surface area contributed by atoms with Crippen LogP contribution in [0.2, 0.25) is 0 Å². The zero-order valence-corrected chi connectivity index (χ0v) is 9.29. The van der Waals surface area contributed by atoms with Crippen molar-refractivity contribution >= 4 is 11.4 Å². The molecule has 0 saturated heterocycles. The molecule has 6 nitrogen and oxygen atoms in total. The molecule has 0 aliphatic carbocycles. The molecule has 2 aromatic rings. The first kappa shape index (κ1) is 11.7. The number of nitro groups is 1. The molecule has 90 valence electrons. The summed E-state index contributed by atoms with van der Waals surface area (Å²) in [6.07, 6.45) is 1.52. The van der Waals surface area contributed by atoms with Crippen LogP contribution in [0.4, 0.5) is 11.4 Å². The molecule has 0 spiro atoms. The molecule has 18 heavy (non-hydrogen) atoms. The summed E-state index contributed by atoms with van der Waals surface area (Å²) >= 11 is 0. The second-order valence-electron chi connectivity index (χ2n) is 3.53. The number of nitrogens with one attached hydrogen (secondary N) is 1. The predicted molar refractivity (Wildman–Crippen MR) is 63.8 cm³/mol. The fourth-order valence-corrected chi connectivity index (χ4v) is 1.50. The first-order valence-electron chi connectivity index (χ1n) is 5.15. The molecule has 0 atom stereocenters. The summed E-state index contributed by atoms with van der Waals surface area (Å²) in [5.74, 6) is 0.659. The van der Waals surface area contributed by atoms with Gasteiger partial charge in [-0.3, -0.25) is 10.1 Å². The maximum atomic E-state index is 10.8. The van der Waals surface area contributed by atoms with Gasteiger partial charge in [-0.05, 0) is 24.3 Å². The van der Waals surface area contributed by atoms with Gasteiger partial charge in [-0.25, -0.2) is 0 Å². The van der Waals surface area contributed by atoms with Crippen molar-refractivity contribution in [2.45, 2.75) is 6.54 Å². The highest BCUT2D eigenvalue weighted by atomic mass is 16.6. The van der Waals surface area contributed by atoms with Crippen LogP contribution in [0.5, 0.6) is 0 Å². The van der Waals surface area contributed by atoms with E-state index in [1.807, 2.05) is 6.07 Å². The fourth-order valence-electron chi connectivity index (χ4n) is 1.50. The summed E-state index contributed by atoms with van der Waals surface area (Å²) in [6, 6.07) is 9.60. The van der Waals surface area contributed by atoms with Crippen LogP contribution in [0.25, 0.3) is 0 Å². The number of rotatable bonds is 4. The van der Waals surface area contributed by atoms with Crippen LogP contribution >= 0.6 is 0 Å². The smallest absolute Gasteiger partial charge is 0.292 e. The van der Waals surface area contributed by atoms with E-state index in [9.17, 15) is 10.1 Å². The van der Waals surface area contributed by atoms with E-state index in [1.165, 1.54) is 24.5 Å². The van der Waals surface area contributed by atoms with Crippen LogP contribution in [0.15, 0.2) is 41.0 Å².